The van der Waals surface area contributed by atoms with Crippen LogP contribution in [0.15, 0.2) is 18.2 Å². The van der Waals surface area contributed by atoms with Gasteiger partial charge in [-0.3, -0.25) is 0 Å². The second kappa shape index (κ2) is 7.58. The van der Waals surface area contributed by atoms with E-state index in [1.807, 2.05) is 0 Å². The van der Waals surface area contributed by atoms with Crippen LogP contribution in [-0.4, -0.2) is 19.2 Å². The fourth-order valence-corrected chi connectivity index (χ4v) is 2.84. The smallest absolute Gasteiger partial charge is 0.190 e. The Balaban J connectivity index is 1.96. The topological polar surface area (TPSA) is 21.3 Å². The van der Waals surface area contributed by atoms with Crippen LogP contribution in [0.3, 0.4) is 0 Å². The average Bonchev–Trinajstić information content (AvgIpc) is 2.95. The van der Waals surface area contributed by atoms with Crippen LogP contribution in [0.2, 0.25) is 0 Å². The molecule has 2 rings (SSSR count). The van der Waals surface area contributed by atoms with Gasteiger partial charge in [0.2, 0.25) is 0 Å². The maximum atomic E-state index is 13.5. The molecule has 1 N–H and O–H groups in total. The highest BCUT2D eigenvalue weighted by molar-refractivity contribution is 5.26. The SMILES string of the molecule is CCCNC(COc1c(F)cccc1F)C1CCCC1. The third-order valence-corrected chi connectivity index (χ3v) is 3.95. The van der Waals surface area contributed by atoms with Gasteiger partial charge in [-0.2, -0.15) is 0 Å². The molecule has 1 saturated carbocycles. The van der Waals surface area contributed by atoms with Crippen molar-refractivity contribution in [3.63, 3.8) is 0 Å². The van der Waals surface area contributed by atoms with Crippen molar-refractivity contribution < 1.29 is 13.5 Å². The van der Waals surface area contributed by atoms with Crippen LogP contribution in [0.25, 0.3) is 0 Å². The van der Waals surface area contributed by atoms with E-state index in [1.54, 1.807) is 0 Å². The first-order valence-electron chi connectivity index (χ1n) is 7.52. The first kappa shape index (κ1) is 15.2. The van der Waals surface area contributed by atoms with E-state index in [2.05, 4.69) is 12.2 Å². The number of rotatable bonds is 7. The summed E-state index contributed by atoms with van der Waals surface area (Å²) in [6.07, 6.45) is 5.86. The molecule has 1 unspecified atom stereocenters. The van der Waals surface area contributed by atoms with E-state index in [4.69, 9.17) is 4.74 Å². The zero-order valence-electron chi connectivity index (χ0n) is 12.0. The Morgan fingerprint density at radius 3 is 2.50 bits per heavy atom. The summed E-state index contributed by atoms with van der Waals surface area (Å²) in [5, 5.41) is 3.45. The van der Waals surface area contributed by atoms with Gasteiger partial charge in [0.1, 0.15) is 6.61 Å². The minimum atomic E-state index is -0.634. The zero-order chi connectivity index (χ0) is 14.4. The molecule has 112 valence electrons. The molecule has 0 aliphatic heterocycles. The van der Waals surface area contributed by atoms with E-state index >= 15 is 0 Å². The number of nitrogens with one attached hydrogen (secondary N) is 1. The molecule has 1 aromatic carbocycles. The van der Waals surface area contributed by atoms with Crippen molar-refractivity contribution in [2.45, 2.75) is 45.1 Å². The molecule has 0 bridgehead atoms. The van der Waals surface area contributed by atoms with Gasteiger partial charge in [0.25, 0.3) is 0 Å². The van der Waals surface area contributed by atoms with Crippen LogP contribution in [-0.2, 0) is 0 Å². The molecule has 0 spiro atoms. The Hall–Kier alpha value is -1.16. The third kappa shape index (κ3) is 3.92. The lowest BCUT2D eigenvalue weighted by atomic mass is 9.98. The standard InChI is InChI=1S/C16H23F2NO/c1-2-10-19-15(12-6-3-4-7-12)11-20-16-13(17)8-5-9-14(16)18/h5,8-9,12,15,19H,2-4,6-7,10-11H2,1H3. The lowest BCUT2D eigenvalue weighted by Gasteiger charge is -2.25. The number of ether oxygens (including phenoxy) is 1. The van der Waals surface area contributed by atoms with Crippen molar-refractivity contribution in [1.82, 2.24) is 5.32 Å². The minimum absolute atomic E-state index is 0.177. The Morgan fingerprint density at radius 1 is 1.25 bits per heavy atom. The van der Waals surface area contributed by atoms with Gasteiger partial charge in [0, 0.05) is 6.04 Å². The van der Waals surface area contributed by atoms with Crippen molar-refractivity contribution >= 4 is 0 Å². The van der Waals surface area contributed by atoms with Crippen molar-refractivity contribution in [2.24, 2.45) is 5.92 Å². The van der Waals surface area contributed by atoms with E-state index in [0.717, 1.165) is 13.0 Å². The van der Waals surface area contributed by atoms with E-state index < -0.39 is 11.6 Å². The Bertz CT molecular complexity index is 399. The number of hydrogen-bond donors (Lipinski definition) is 1. The van der Waals surface area contributed by atoms with Crippen LogP contribution in [0.5, 0.6) is 5.75 Å². The van der Waals surface area contributed by atoms with Crippen LogP contribution >= 0.6 is 0 Å². The molecule has 1 fully saturated rings. The summed E-state index contributed by atoms with van der Waals surface area (Å²) in [6.45, 7) is 3.34. The van der Waals surface area contributed by atoms with Crippen molar-refractivity contribution in [3.05, 3.63) is 29.8 Å². The number of halogens is 2. The first-order valence-corrected chi connectivity index (χ1v) is 7.52. The predicted molar refractivity (Wildman–Crippen MR) is 75.9 cm³/mol. The van der Waals surface area contributed by atoms with Gasteiger partial charge in [-0.25, -0.2) is 8.78 Å². The summed E-state index contributed by atoms with van der Waals surface area (Å²) < 4.78 is 32.5. The molecule has 1 atom stereocenters. The first-order chi connectivity index (χ1) is 9.72. The molecule has 1 aliphatic rings. The number of benzene rings is 1. The zero-order valence-corrected chi connectivity index (χ0v) is 12.0. The van der Waals surface area contributed by atoms with Crippen molar-refractivity contribution in [3.8, 4) is 5.75 Å². The maximum Gasteiger partial charge on any atom is 0.190 e. The van der Waals surface area contributed by atoms with E-state index in [-0.39, 0.29) is 11.8 Å². The Morgan fingerprint density at radius 2 is 1.90 bits per heavy atom. The quantitative estimate of drug-likeness (QED) is 0.819. The van der Waals surface area contributed by atoms with Gasteiger partial charge in [-0.1, -0.05) is 25.8 Å². The summed E-state index contributed by atoms with van der Waals surface area (Å²) in [5.41, 5.74) is 0. The molecule has 0 aromatic heterocycles. The maximum absolute atomic E-state index is 13.5. The highest BCUT2D eigenvalue weighted by Gasteiger charge is 2.25. The molecule has 0 heterocycles. The van der Waals surface area contributed by atoms with Crippen LogP contribution in [0, 0.1) is 17.6 Å². The monoisotopic (exact) mass is 283 g/mol. The molecule has 20 heavy (non-hydrogen) atoms. The fourth-order valence-electron chi connectivity index (χ4n) is 2.84. The fraction of sp³-hybridized carbons (Fsp3) is 0.625. The molecule has 1 aromatic rings. The van der Waals surface area contributed by atoms with Crippen molar-refractivity contribution in [1.29, 1.82) is 0 Å². The average molecular weight is 283 g/mol. The van der Waals surface area contributed by atoms with Gasteiger partial charge in [-0.15, -0.1) is 0 Å². The summed E-state index contributed by atoms with van der Waals surface area (Å²) >= 11 is 0. The molecular weight excluding hydrogens is 260 g/mol. The van der Waals surface area contributed by atoms with E-state index in [0.29, 0.717) is 12.5 Å². The van der Waals surface area contributed by atoms with Crippen LogP contribution in [0.4, 0.5) is 8.78 Å². The molecule has 0 saturated heterocycles. The van der Waals surface area contributed by atoms with E-state index in [9.17, 15) is 8.78 Å². The second-order valence-corrected chi connectivity index (χ2v) is 5.47. The van der Waals surface area contributed by atoms with Gasteiger partial charge in [0.15, 0.2) is 17.4 Å². The molecule has 4 heteroatoms. The number of hydrogen-bond acceptors (Lipinski definition) is 2. The Labute approximate surface area is 119 Å². The van der Waals surface area contributed by atoms with Crippen LogP contribution < -0.4 is 10.1 Å². The second-order valence-electron chi connectivity index (χ2n) is 5.47. The summed E-state index contributed by atoms with van der Waals surface area (Å²) in [7, 11) is 0. The summed E-state index contributed by atoms with van der Waals surface area (Å²) in [4.78, 5) is 0. The predicted octanol–water partition coefficient (Wildman–Crippen LogP) is 3.90. The highest BCUT2D eigenvalue weighted by atomic mass is 19.1. The van der Waals surface area contributed by atoms with Gasteiger partial charge >= 0.3 is 0 Å². The molecule has 0 amide bonds. The lowest BCUT2D eigenvalue weighted by molar-refractivity contribution is 0.204. The lowest BCUT2D eigenvalue weighted by Crippen LogP contribution is -2.40. The van der Waals surface area contributed by atoms with Gasteiger partial charge in [0.05, 0.1) is 0 Å². The van der Waals surface area contributed by atoms with E-state index in [1.165, 1.54) is 43.9 Å². The molecule has 0 radical (unpaired) electrons. The normalized spacial score (nSPS) is 17.4. The minimum Gasteiger partial charge on any atom is -0.486 e. The Kier molecular flexibility index (Phi) is 5.77. The summed E-state index contributed by atoms with van der Waals surface area (Å²) in [5.74, 6) is -0.971. The summed E-state index contributed by atoms with van der Waals surface area (Å²) in [6, 6.07) is 3.98. The van der Waals surface area contributed by atoms with Crippen LogP contribution in [0.1, 0.15) is 39.0 Å². The molecule has 1 aliphatic carbocycles. The highest BCUT2D eigenvalue weighted by Crippen LogP contribution is 2.29. The van der Waals surface area contributed by atoms with Crippen molar-refractivity contribution in [2.75, 3.05) is 13.2 Å². The van der Waals surface area contributed by atoms with Gasteiger partial charge in [-0.05, 0) is 43.9 Å². The van der Waals surface area contributed by atoms with Gasteiger partial charge < -0.3 is 10.1 Å². The largest absolute Gasteiger partial charge is 0.486 e. The molecule has 2 nitrogen and oxygen atoms in total. The molecular formula is C16H23F2NO. The number of para-hydroxylation sites is 1. The third-order valence-electron chi connectivity index (χ3n) is 3.95.